The Hall–Kier alpha value is -4.76. The first-order valence-electron chi connectivity index (χ1n) is 13.1. The molecule has 8 rings (SSSR count). The Bertz CT molecular complexity index is 1960. The molecule has 2 amide bonds. The van der Waals surface area contributed by atoms with E-state index in [1.165, 1.54) is 11.3 Å². The van der Waals surface area contributed by atoms with Crippen molar-refractivity contribution in [2.24, 2.45) is 5.92 Å². The number of allylic oxidation sites excluding steroid dienone is 2. The minimum atomic E-state index is -0.263. The van der Waals surface area contributed by atoms with Gasteiger partial charge in [0.05, 0.1) is 16.8 Å². The third kappa shape index (κ3) is 3.24. The normalized spacial score (nSPS) is 21.0. The molecule has 0 unspecified atom stereocenters. The second kappa shape index (κ2) is 8.12. The number of ketones is 1. The largest absolute Gasteiger partial charge is 0.351 e. The van der Waals surface area contributed by atoms with E-state index in [-0.39, 0.29) is 23.0 Å². The summed E-state index contributed by atoms with van der Waals surface area (Å²) in [6, 6.07) is 11.4. The summed E-state index contributed by atoms with van der Waals surface area (Å²) in [5.74, 6) is -0.0571. The van der Waals surface area contributed by atoms with Gasteiger partial charge in [0.2, 0.25) is 0 Å². The number of H-pyrrole nitrogens is 2. The van der Waals surface area contributed by atoms with Crippen molar-refractivity contribution < 1.29 is 14.4 Å². The van der Waals surface area contributed by atoms with Gasteiger partial charge in [-0.3, -0.25) is 14.4 Å². The van der Waals surface area contributed by atoms with Crippen LogP contribution in [0.5, 0.6) is 0 Å². The van der Waals surface area contributed by atoms with E-state index >= 15 is 0 Å². The van der Waals surface area contributed by atoms with Gasteiger partial charge in [-0.15, -0.1) is 11.3 Å². The molecule has 8 nitrogen and oxygen atoms in total. The summed E-state index contributed by atoms with van der Waals surface area (Å²) in [6.45, 7) is 2.68. The molecule has 1 spiro atoms. The van der Waals surface area contributed by atoms with Crippen LogP contribution in [0.25, 0.3) is 28.0 Å². The number of thiophene rings is 1. The number of hydrogen-bond acceptors (Lipinski definition) is 5. The molecule has 196 valence electrons. The average molecular weight is 546 g/mol. The SMILES string of the molecule is Cc1csc2c1[C@]13C[C@H]1CN(C(=O)/C=C/c1c[nH]c4ncc(NC(=O)c5cc6ccccc6[nH]5)cc14)C3=CC2=O. The molecule has 2 atom stereocenters. The van der Waals surface area contributed by atoms with Crippen molar-refractivity contribution in [3.05, 3.63) is 99.3 Å². The minimum absolute atomic E-state index is 0.00668. The molecule has 0 radical (unpaired) electrons. The fraction of sp³-hybridized carbons (Fsp3) is 0.161. The first-order chi connectivity index (χ1) is 19.4. The van der Waals surface area contributed by atoms with E-state index in [1.54, 1.807) is 35.5 Å². The number of nitrogens with zero attached hydrogens (tertiary/aromatic N) is 2. The van der Waals surface area contributed by atoms with Crippen molar-refractivity contribution in [1.29, 1.82) is 0 Å². The van der Waals surface area contributed by atoms with Gasteiger partial charge in [0.25, 0.3) is 11.8 Å². The molecular weight excluding hydrogens is 522 g/mol. The summed E-state index contributed by atoms with van der Waals surface area (Å²) < 4.78 is 0. The molecule has 1 aliphatic heterocycles. The van der Waals surface area contributed by atoms with Gasteiger partial charge in [-0.1, -0.05) is 18.2 Å². The number of aromatic nitrogens is 3. The number of anilines is 1. The van der Waals surface area contributed by atoms with Crippen molar-refractivity contribution in [3.63, 3.8) is 0 Å². The van der Waals surface area contributed by atoms with Gasteiger partial charge < -0.3 is 20.2 Å². The molecule has 1 aromatic carbocycles. The zero-order valence-electron chi connectivity index (χ0n) is 21.4. The van der Waals surface area contributed by atoms with Crippen LogP contribution in [0.4, 0.5) is 5.69 Å². The Morgan fingerprint density at radius 2 is 2.12 bits per heavy atom. The third-order valence-electron chi connectivity index (χ3n) is 8.44. The van der Waals surface area contributed by atoms with Gasteiger partial charge >= 0.3 is 0 Å². The summed E-state index contributed by atoms with van der Waals surface area (Å²) in [6.07, 6.45) is 9.37. The number of piperidine rings is 1. The number of benzene rings is 1. The summed E-state index contributed by atoms with van der Waals surface area (Å²) in [7, 11) is 0. The first kappa shape index (κ1) is 23.2. The van der Waals surface area contributed by atoms with Crippen molar-refractivity contribution in [1.82, 2.24) is 19.9 Å². The van der Waals surface area contributed by atoms with Crippen LogP contribution < -0.4 is 5.32 Å². The average Bonchev–Trinajstić information content (AvgIpc) is 3.39. The fourth-order valence-corrected chi connectivity index (χ4v) is 7.57. The molecule has 40 heavy (non-hydrogen) atoms. The number of aromatic amines is 2. The van der Waals surface area contributed by atoms with Crippen LogP contribution in [0, 0.1) is 12.8 Å². The molecule has 9 heteroatoms. The second-order valence-corrected chi connectivity index (χ2v) is 11.6. The highest BCUT2D eigenvalue weighted by molar-refractivity contribution is 7.12. The van der Waals surface area contributed by atoms with E-state index in [0.717, 1.165) is 50.0 Å². The number of likely N-dealkylation sites (tertiary alicyclic amines) is 1. The van der Waals surface area contributed by atoms with E-state index in [1.807, 2.05) is 36.4 Å². The zero-order valence-corrected chi connectivity index (χ0v) is 22.3. The summed E-state index contributed by atoms with van der Waals surface area (Å²) in [5.41, 5.74) is 6.27. The lowest BCUT2D eigenvalue weighted by atomic mass is 9.84. The number of carbonyl (C=O) groups excluding carboxylic acids is 3. The lowest BCUT2D eigenvalue weighted by Crippen LogP contribution is -2.32. The molecule has 2 aliphatic carbocycles. The lowest BCUT2D eigenvalue weighted by Gasteiger charge is -2.27. The Morgan fingerprint density at radius 1 is 1.25 bits per heavy atom. The van der Waals surface area contributed by atoms with E-state index in [4.69, 9.17) is 0 Å². The number of fused-ring (bicyclic) bond motifs is 3. The zero-order chi connectivity index (χ0) is 27.2. The monoisotopic (exact) mass is 545 g/mol. The van der Waals surface area contributed by atoms with Gasteiger partial charge in [0.15, 0.2) is 5.78 Å². The molecule has 5 aromatic rings. The number of rotatable bonds is 4. The lowest BCUT2D eigenvalue weighted by molar-refractivity contribution is -0.123. The van der Waals surface area contributed by atoms with Gasteiger partial charge in [-0.05, 0) is 60.0 Å². The maximum Gasteiger partial charge on any atom is 0.272 e. The van der Waals surface area contributed by atoms with Crippen molar-refractivity contribution in [3.8, 4) is 0 Å². The molecule has 2 fully saturated rings. The van der Waals surface area contributed by atoms with Crippen LogP contribution in [0.15, 0.2) is 72.0 Å². The molecule has 5 heterocycles. The Morgan fingerprint density at radius 3 is 3.00 bits per heavy atom. The van der Waals surface area contributed by atoms with Crippen LogP contribution in [0.3, 0.4) is 0 Å². The molecule has 3 aliphatic rings. The van der Waals surface area contributed by atoms with E-state index in [0.29, 0.717) is 29.5 Å². The van der Waals surface area contributed by atoms with Crippen LogP contribution in [0.2, 0.25) is 0 Å². The first-order valence-corrected chi connectivity index (χ1v) is 14.0. The van der Waals surface area contributed by atoms with Crippen LogP contribution in [0.1, 0.15) is 43.3 Å². The predicted molar refractivity (Wildman–Crippen MR) is 154 cm³/mol. The van der Waals surface area contributed by atoms with Crippen LogP contribution in [-0.2, 0) is 10.2 Å². The maximum absolute atomic E-state index is 13.4. The van der Waals surface area contributed by atoms with Crippen molar-refractivity contribution >= 4 is 62.6 Å². The predicted octanol–water partition coefficient (Wildman–Crippen LogP) is 5.56. The summed E-state index contributed by atoms with van der Waals surface area (Å²) >= 11 is 1.51. The van der Waals surface area contributed by atoms with E-state index < -0.39 is 0 Å². The van der Waals surface area contributed by atoms with Gasteiger partial charge in [-0.2, -0.15) is 0 Å². The molecular formula is C31H23N5O3S. The minimum Gasteiger partial charge on any atom is -0.351 e. The highest BCUT2D eigenvalue weighted by atomic mass is 32.1. The van der Waals surface area contributed by atoms with E-state index in [2.05, 4.69) is 32.6 Å². The third-order valence-corrected chi connectivity index (χ3v) is 9.55. The van der Waals surface area contributed by atoms with Crippen molar-refractivity contribution in [2.75, 3.05) is 11.9 Å². The molecule has 1 saturated heterocycles. The number of nitrogens with one attached hydrogen (secondary N) is 3. The smallest absolute Gasteiger partial charge is 0.272 e. The van der Waals surface area contributed by atoms with Gasteiger partial charge in [0, 0.05) is 57.9 Å². The van der Waals surface area contributed by atoms with E-state index in [9.17, 15) is 14.4 Å². The fourth-order valence-electron chi connectivity index (χ4n) is 6.52. The van der Waals surface area contributed by atoms with Crippen molar-refractivity contribution in [2.45, 2.75) is 18.8 Å². The Labute approximate surface area is 232 Å². The Balaban J connectivity index is 1.04. The number of pyridine rings is 1. The van der Waals surface area contributed by atoms with Gasteiger partial charge in [-0.25, -0.2) is 4.98 Å². The summed E-state index contributed by atoms with van der Waals surface area (Å²) in [4.78, 5) is 52.4. The highest BCUT2D eigenvalue weighted by Crippen LogP contribution is 2.67. The quantitative estimate of drug-likeness (QED) is 0.257. The standard InChI is InChI=1S/C31H23N5O3S/c1-16-15-40-28-24(37)10-25-31(27(16)28)11-19(31)14-36(25)26(38)7-6-18-12-32-29-21(18)9-20(13-33-29)34-30(39)23-8-17-4-2-3-5-22(17)35-23/h2-10,12-13,15,19,35H,11,14H2,1H3,(H,32,33)(H,34,39)/b7-6+/t19-,31+/m0/s1. The Kier molecular flexibility index (Phi) is 4.70. The second-order valence-electron chi connectivity index (χ2n) is 10.8. The molecule has 3 N–H and O–H groups in total. The maximum atomic E-state index is 13.4. The van der Waals surface area contributed by atoms with Crippen LogP contribution in [-0.4, -0.2) is 44.0 Å². The van der Waals surface area contributed by atoms with Gasteiger partial charge in [0.1, 0.15) is 11.3 Å². The number of carbonyl (C=O) groups is 3. The molecule has 4 aromatic heterocycles. The molecule has 0 bridgehead atoms. The number of aryl methyl sites for hydroxylation is 1. The number of para-hydroxylation sites is 1. The number of amides is 2. The number of hydrogen-bond donors (Lipinski definition) is 3. The topological polar surface area (TPSA) is 111 Å². The highest BCUT2D eigenvalue weighted by Gasteiger charge is 2.67. The van der Waals surface area contributed by atoms with Crippen LogP contribution >= 0.6 is 11.3 Å². The summed E-state index contributed by atoms with van der Waals surface area (Å²) in [5, 5.41) is 6.70. The molecule has 1 saturated carbocycles.